The highest BCUT2D eigenvalue weighted by Gasteiger charge is 2.21. The molecule has 3 amide bonds. The largest absolute Gasteiger partial charge is 0.481 e. The lowest BCUT2D eigenvalue weighted by Gasteiger charge is -2.31. The molecular weight excluding hydrogens is 250 g/mol. The van der Waals surface area contributed by atoms with Crippen molar-refractivity contribution in [1.29, 1.82) is 0 Å². The summed E-state index contributed by atoms with van der Waals surface area (Å²) in [5, 5.41) is 13.2. The highest BCUT2D eigenvalue weighted by atomic mass is 16.4. The zero-order chi connectivity index (χ0) is 14.3. The van der Waals surface area contributed by atoms with Crippen molar-refractivity contribution >= 4 is 17.9 Å². The van der Waals surface area contributed by atoms with E-state index in [1.165, 1.54) is 7.05 Å². The molecule has 0 unspecified atom stereocenters. The molecule has 7 heteroatoms. The zero-order valence-corrected chi connectivity index (χ0v) is 11.1. The predicted molar refractivity (Wildman–Crippen MR) is 68.6 cm³/mol. The van der Waals surface area contributed by atoms with E-state index in [4.69, 9.17) is 5.11 Å². The Morgan fingerprint density at radius 1 is 1.26 bits per heavy atom. The van der Waals surface area contributed by atoms with Gasteiger partial charge in [0.2, 0.25) is 5.91 Å². The number of carboxylic acids is 1. The minimum atomic E-state index is -0.757. The Kier molecular flexibility index (Phi) is 6.27. The first-order valence-electron chi connectivity index (χ1n) is 6.47. The normalized spacial score (nSPS) is 16.9. The minimum Gasteiger partial charge on any atom is -0.481 e. The number of piperidine rings is 1. The van der Waals surface area contributed by atoms with Gasteiger partial charge in [0.25, 0.3) is 0 Å². The summed E-state index contributed by atoms with van der Waals surface area (Å²) in [5.41, 5.74) is 0. The molecule has 0 aromatic rings. The predicted octanol–water partition coefficient (Wildman–Crippen LogP) is 0.0188. The van der Waals surface area contributed by atoms with Gasteiger partial charge in [0.1, 0.15) is 0 Å². The summed E-state index contributed by atoms with van der Waals surface area (Å²) in [6, 6.07) is -0.499. The van der Waals surface area contributed by atoms with Crippen LogP contribution in [0, 0.1) is 5.92 Å². The molecule has 1 saturated heterocycles. The smallest absolute Gasteiger partial charge is 0.321 e. The SMILES string of the molecule is CNC(=O)NC(=O)CN1CCC(CCC(=O)O)CC1. The van der Waals surface area contributed by atoms with E-state index in [0.29, 0.717) is 12.3 Å². The Hall–Kier alpha value is -1.63. The summed E-state index contributed by atoms with van der Waals surface area (Å²) in [4.78, 5) is 34.9. The van der Waals surface area contributed by atoms with Gasteiger partial charge in [-0.05, 0) is 38.3 Å². The number of carbonyl (C=O) groups is 3. The molecule has 0 atom stereocenters. The van der Waals surface area contributed by atoms with Crippen LogP contribution in [0.25, 0.3) is 0 Å². The van der Waals surface area contributed by atoms with Crippen molar-refractivity contribution in [2.24, 2.45) is 5.92 Å². The number of aliphatic carboxylic acids is 1. The first-order valence-corrected chi connectivity index (χ1v) is 6.47. The van der Waals surface area contributed by atoms with E-state index in [9.17, 15) is 14.4 Å². The lowest BCUT2D eigenvalue weighted by Crippen LogP contribution is -2.45. The third kappa shape index (κ3) is 6.19. The van der Waals surface area contributed by atoms with E-state index in [1.807, 2.05) is 4.90 Å². The van der Waals surface area contributed by atoms with Gasteiger partial charge in [-0.2, -0.15) is 0 Å². The first kappa shape index (κ1) is 15.4. The molecule has 1 aliphatic rings. The van der Waals surface area contributed by atoms with Crippen LogP contribution in [0.5, 0.6) is 0 Å². The van der Waals surface area contributed by atoms with Gasteiger partial charge in [-0.25, -0.2) is 4.79 Å². The molecule has 1 aliphatic heterocycles. The van der Waals surface area contributed by atoms with Crippen molar-refractivity contribution < 1.29 is 19.5 Å². The molecule has 0 bridgehead atoms. The van der Waals surface area contributed by atoms with Crippen molar-refractivity contribution in [1.82, 2.24) is 15.5 Å². The van der Waals surface area contributed by atoms with Gasteiger partial charge >= 0.3 is 12.0 Å². The first-order chi connectivity index (χ1) is 9.01. The third-order valence-corrected chi connectivity index (χ3v) is 3.32. The molecule has 0 aromatic heterocycles. The molecule has 1 rings (SSSR count). The Bertz CT molecular complexity index is 338. The van der Waals surface area contributed by atoms with Crippen LogP contribution < -0.4 is 10.6 Å². The van der Waals surface area contributed by atoms with Gasteiger partial charge in [-0.1, -0.05) is 0 Å². The van der Waals surface area contributed by atoms with E-state index in [-0.39, 0.29) is 18.9 Å². The number of carboxylic acid groups (broad SMARTS) is 1. The van der Waals surface area contributed by atoms with Crippen molar-refractivity contribution in [2.75, 3.05) is 26.7 Å². The van der Waals surface area contributed by atoms with E-state index in [1.54, 1.807) is 0 Å². The fourth-order valence-corrected chi connectivity index (χ4v) is 2.19. The van der Waals surface area contributed by atoms with E-state index >= 15 is 0 Å². The third-order valence-electron chi connectivity index (χ3n) is 3.32. The topological polar surface area (TPSA) is 98.7 Å². The lowest BCUT2D eigenvalue weighted by atomic mass is 9.92. The number of nitrogens with zero attached hydrogens (tertiary/aromatic N) is 1. The quantitative estimate of drug-likeness (QED) is 0.654. The van der Waals surface area contributed by atoms with Crippen molar-refractivity contribution in [2.45, 2.75) is 25.7 Å². The van der Waals surface area contributed by atoms with E-state index in [0.717, 1.165) is 25.9 Å². The molecule has 3 N–H and O–H groups in total. The second kappa shape index (κ2) is 7.73. The second-order valence-corrected chi connectivity index (χ2v) is 4.78. The van der Waals surface area contributed by atoms with Gasteiger partial charge in [-0.15, -0.1) is 0 Å². The van der Waals surface area contributed by atoms with Crippen LogP contribution in [0.3, 0.4) is 0 Å². The maximum absolute atomic E-state index is 11.5. The summed E-state index contributed by atoms with van der Waals surface area (Å²) in [7, 11) is 1.45. The highest BCUT2D eigenvalue weighted by molar-refractivity contribution is 5.95. The molecule has 0 radical (unpaired) electrons. The maximum atomic E-state index is 11.5. The molecule has 108 valence electrons. The standard InChI is InChI=1S/C12H21N3O4/c1-13-12(19)14-10(16)8-15-6-4-9(5-7-15)2-3-11(17)18/h9H,2-8H2,1H3,(H,17,18)(H2,13,14,16,19). The van der Waals surface area contributed by atoms with Crippen LogP contribution in [0.15, 0.2) is 0 Å². The van der Waals surface area contributed by atoms with Crippen LogP contribution in [-0.2, 0) is 9.59 Å². The molecule has 1 fully saturated rings. The number of rotatable bonds is 5. The van der Waals surface area contributed by atoms with Crippen molar-refractivity contribution in [3.63, 3.8) is 0 Å². The summed E-state index contributed by atoms with van der Waals surface area (Å²) in [5.74, 6) is -0.648. The number of hydrogen-bond donors (Lipinski definition) is 3. The Morgan fingerprint density at radius 2 is 1.89 bits per heavy atom. The van der Waals surface area contributed by atoms with Gasteiger partial charge in [0.15, 0.2) is 0 Å². The number of likely N-dealkylation sites (tertiary alicyclic amines) is 1. The molecule has 1 heterocycles. The van der Waals surface area contributed by atoms with E-state index in [2.05, 4.69) is 10.6 Å². The number of amides is 3. The number of urea groups is 1. The highest BCUT2D eigenvalue weighted by Crippen LogP contribution is 2.21. The van der Waals surface area contributed by atoms with Gasteiger partial charge in [0.05, 0.1) is 6.54 Å². The summed E-state index contributed by atoms with van der Waals surface area (Å²) >= 11 is 0. The summed E-state index contributed by atoms with van der Waals surface area (Å²) in [6.07, 6.45) is 2.72. The number of nitrogens with one attached hydrogen (secondary N) is 2. The molecule has 0 aliphatic carbocycles. The molecule has 7 nitrogen and oxygen atoms in total. The molecule has 0 saturated carbocycles. The minimum absolute atomic E-state index is 0.207. The Balaban J connectivity index is 2.21. The molecule has 19 heavy (non-hydrogen) atoms. The van der Waals surface area contributed by atoms with Crippen LogP contribution >= 0.6 is 0 Å². The van der Waals surface area contributed by atoms with Gasteiger partial charge < -0.3 is 10.4 Å². The number of carbonyl (C=O) groups excluding carboxylic acids is 2. The average molecular weight is 271 g/mol. The average Bonchev–Trinajstić information content (AvgIpc) is 2.37. The maximum Gasteiger partial charge on any atom is 0.321 e. The lowest BCUT2D eigenvalue weighted by molar-refractivity contribution is -0.137. The van der Waals surface area contributed by atoms with Crippen LogP contribution in [0.1, 0.15) is 25.7 Å². The van der Waals surface area contributed by atoms with Crippen LogP contribution in [0.2, 0.25) is 0 Å². The second-order valence-electron chi connectivity index (χ2n) is 4.78. The zero-order valence-electron chi connectivity index (χ0n) is 11.1. The van der Waals surface area contributed by atoms with Crippen LogP contribution in [-0.4, -0.2) is 54.6 Å². The monoisotopic (exact) mass is 271 g/mol. The molecule has 0 spiro atoms. The number of imide groups is 1. The van der Waals surface area contributed by atoms with Crippen molar-refractivity contribution in [3.8, 4) is 0 Å². The Morgan fingerprint density at radius 3 is 2.42 bits per heavy atom. The summed E-state index contributed by atoms with van der Waals surface area (Å²) in [6.45, 7) is 1.75. The fourth-order valence-electron chi connectivity index (χ4n) is 2.19. The van der Waals surface area contributed by atoms with Crippen molar-refractivity contribution in [3.05, 3.63) is 0 Å². The van der Waals surface area contributed by atoms with Gasteiger partial charge in [0, 0.05) is 13.5 Å². The summed E-state index contributed by atoms with van der Waals surface area (Å²) < 4.78 is 0. The fraction of sp³-hybridized carbons (Fsp3) is 0.750. The van der Waals surface area contributed by atoms with Crippen LogP contribution in [0.4, 0.5) is 4.79 Å². The molecule has 0 aromatic carbocycles. The van der Waals surface area contributed by atoms with Gasteiger partial charge in [-0.3, -0.25) is 19.8 Å². The molecular formula is C12H21N3O4. The Labute approximate surface area is 112 Å². The van der Waals surface area contributed by atoms with E-state index < -0.39 is 12.0 Å². The number of hydrogen-bond acceptors (Lipinski definition) is 4.